The Kier molecular flexibility index (Phi) is 6.47. The lowest BCUT2D eigenvalue weighted by atomic mass is 10.2. The fourth-order valence-electron chi connectivity index (χ4n) is 1.00. The maximum absolute atomic E-state index is 5.62. The summed E-state index contributed by atoms with van der Waals surface area (Å²) in [6.45, 7) is 2.76. The van der Waals surface area contributed by atoms with Crippen LogP contribution in [0.3, 0.4) is 0 Å². The molecule has 0 aliphatic carbocycles. The van der Waals surface area contributed by atoms with Crippen LogP contribution in [0, 0.1) is 0 Å². The zero-order chi connectivity index (χ0) is 8.97. The van der Waals surface area contributed by atoms with Gasteiger partial charge in [0.1, 0.15) is 0 Å². The molecule has 1 aromatic rings. The van der Waals surface area contributed by atoms with Crippen LogP contribution >= 0.6 is 27.7 Å². The molecule has 13 heavy (non-hydrogen) atoms. The lowest BCUT2D eigenvalue weighted by Gasteiger charge is -2.05. The van der Waals surface area contributed by atoms with E-state index in [1.165, 1.54) is 10.5 Å². The molecule has 1 aromatic carbocycles. The van der Waals surface area contributed by atoms with Gasteiger partial charge in [0.15, 0.2) is 0 Å². The molecule has 0 radical (unpaired) electrons. The summed E-state index contributed by atoms with van der Waals surface area (Å²) in [5, 5.41) is 0. The van der Waals surface area contributed by atoms with E-state index in [1.807, 2.05) is 11.8 Å². The van der Waals surface area contributed by atoms with Crippen LogP contribution in [0.5, 0.6) is 0 Å². The Morgan fingerprint density at radius 1 is 1.46 bits per heavy atom. The smallest absolute Gasteiger partial charge is 0.0189 e. The number of halogens is 1. The first-order valence-electron chi connectivity index (χ1n) is 3.89. The van der Waals surface area contributed by atoms with Crippen molar-refractivity contribution in [1.29, 1.82) is 0 Å². The molecule has 0 saturated carbocycles. The van der Waals surface area contributed by atoms with Crippen molar-refractivity contribution < 1.29 is 0 Å². The molecule has 0 amide bonds. The molecule has 0 aliphatic heterocycles. The van der Waals surface area contributed by atoms with Crippen LogP contribution in [-0.2, 0) is 6.54 Å². The summed E-state index contributed by atoms with van der Waals surface area (Å²) in [5.74, 6) is 1.09. The van der Waals surface area contributed by atoms with Crippen LogP contribution in [0.2, 0.25) is 0 Å². The summed E-state index contributed by atoms with van der Waals surface area (Å²) in [6.07, 6.45) is 0. The van der Waals surface area contributed by atoms with Crippen molar-refractivity contribution in [1.82, 2.24) is 0 Å². The average Bonchev–Trinajstić information content (AvgIpc) is 2.08. The molecule has 0 spiro atoms. The summed E-state index contributed by atoms with van der Waals surface area (Å²) in [5.41, 5.74) is 6.83. The molecular weight excluding hydrogens is 246 g/mol. The molecule has 0 heterocycles. The number of hydrogen-bond acceptors (Lipinski definition) is 2. The van der Waals surface area contributed by atoms with E-state index in [0.717, 1.165) is 10.2 Å². The Bertz CT molecular complexity index is 263. The van der Waals surface area contributed by atoms with Gasteiger partial charge in [0.2, 0.25) is 0 Å². The molecule has 74 valence electrons. The lowest BCUT2D eigenvalue weighted by Crippen LogP contribution is -1.98. The zero-order valence-corrected chi connectivity index (χ0v) is 9.41. The molecule has 0 aliphatic rings. The Morgan fingerprint density at radius 2 is 2.15 bits per heavy atom. The lowest BCUT2D eigenvalue weighted by molar-refractivity contribution is 1.02. The first-order valence-corrected chi connectivity index (χ1v) is 5.67. The van der Waals surface area contributed by atoms with E-state index in [9.17, 15) is 0 Å². The normalized spacial score (nSPS) is 9.46. The Balaban J connectivity index is 0.00000144. The van der Waals surface area contributed by atoms with Crippen LogP contribution in [0.1, 0.15) is 19.9 Å². The van der Waals surface area contributed by atoms with E-state index in [0.29, 0.717) is 6.54 Å². The molecule has 0 bridgehead atoms. The third-order valence-corrected chi connectivity index (χ3v) is 3.03. The van der Waals surface area contributed by atoms with Gasteiger partial charge in [-0.05, 0) is 29.5 Å². The number of thioether (sulfide) groups is 1. The second kappa shape index (κ2) is 6.46. The van der Waals surface area contributed by atoms with E-state index >= 15 is 0 Å². The highest BCUT2D eigenvalue weighted by molar-refractivity contribution is 9.10. The number of benzene rings is 1. The van der Waals surface area contributed by atoms with Gasteiger partial charge >= 0.3 is 0 Å². The quantitative estimate of drug-likeness (QED) is 0.841. The molecule has 0 aromatic heterocycles. The van der Waals surface area contributed by atoms with Gasteiger partial charge in [-0.2, -0.15) is 0 Å². The van der Waals surface area contributed by atoms with E-state index in [2.05, 4.69) is 41.1 Å². The van der Waals surface area contributed by atoms with Crippen LogP contribution < -0.4 is 5.73 Å². The molecule has 0 unspecified atom stereocenters. The minimum Gasteiger partial charge on any atom is -0.326 e. The monoisotopic (exact) mass is 261 g/mol. The summed E-state index contributed by atoms with van der Waals surface area (Å²) in [6, 6.07) is 6.25. The van der Waals surface area contributed by atoms with Crippen molar-refractivity contribution in [2.24, 2.45) is 5.73 Å². The number of rotatable bonds is 3. The standard InChI is InChI=1S/C9H12BrNS.CH4/c1-2-12-9-4-3-8(10)5-7(9)6-11;/h3-5H,2,6,11H2,1H3;1H4. The van der Waals surface area contributed by atoms with Crippen LogP contribution in [0.4, 0.5) is 0 Å². The number of nitrogens with two attached hydrogens (primary N) is 1. The van der Waals surface area contributed by atoms with Gasteiger partial charge in [-0.15, -0.1) is 11.8 Å². The summed E-state index contributed by atoms with van der Waals surface area (Å²) < 4.78 is 1.10. The highest BCUT2D eigenvalue weighted by Crippen LogP contribution is 2.25. The third kappa shape index (κ3) is 3.71. The van der Waals surface area contributed by atoms with Gasteiger partial charge in [-0.25, -0.2) is 0 Å². The highest BCUT2D eigenvalue weighted by atomic mass is 79.9. The minimum absolute atomic E-state index is 0. The maximum Gasteiger partial charge on any atom is 0.0189 e. The van der Waals surface area contributed by atoms with Gasteiger partial charge in [-0.1, -0.05) is 30.3 Å². The Morgan fingerprint density at radius 3 is 2.69 bits per heavy atom. The van der Waals surface area contributed by atoms with Gasteiger partial charge in [-0.3, -0.25) is 0 Å². The summed E-state index contributed by atoms with van der Waals surface area (Å²) >= 11 is 5.26. The van der Waals surface area contributed by atoms with E-state index in [4.69, 9.17) is 5.73 Å². The molecule has 1 rings (SSSR count). The minimum atomic E-state index is 0. The average molecular weight is 262 g/mol. The number of hydrogen-bond donors (Lipinski definition) is 1. The molecular formula is C10H16BrNS. The third-order valence-electron chi connectivity index (χ3n) is 1.54. The second-order valence-electron chi connectivity index (χ2n) is 2.39. The molecule has 0 atom stereocenters. The van der Waals surface area contributed by atoms with Crippen molar-refractivity contribution in [3.8, 4) is 0 Å². The van der Waals surface area contributed by atoms with Gasteiger partial charge < -0.3 is 5.73 Å². The van der Waals surface area contributed by atoms with Crippen molar-refractivity contribution in [2.75, 3.05) is 5.75 Å². The van der Waals surface area contributed by atoms with E-state index in [-0.39, 0.29) is 7.43 Å². The highest BCUT2D eigenvalue weighted by Gasteiger charge is 2.00. The predicted octanol–water partition coefficient (Wildman–Crippen LogP) is 3.66. The first-order chi connectivity index (χ1) is 5.77. The van der Waals surface area contributed by atoms with Crippen LogP contribution in [0.15, 0.2) is 27.6 Å². The SMILES string of the molecule is C.CCSc1ccc(Br)cc1CN. The topological polar surface area (TPSA) is 26.0 Å². The van der Waals surface area contributed by atoms with Crippen LogP contribution in [-0.4, -0.2) is 5.75 Å². The van der Waals surface area contributed by atoms with Crippen LogP contribution in [0.25, 0.3) is 0 Å². The van der Waals surface area contributed by atoms with Crippen molar-refractivity contribution in [3.05, 3.63) is 28.2 Å². The Hall–Kier alpha value is 0.01000. The van der Waals surface area contributed by atoms with Gasteiger partial charge in [0.05, 0.1) is 0 Å². The summed E-state index contributed by atoms with van der Waals surface area (Å²) in [4.78, 5) is 1.29. The fourth-order valence-corrected chi connectivity index (χ4v) is 2.22. The molecule has 1 nitrogen and oxygen atoms in total. The predicted molar refractivity (Wildman–Crippen MR) is 65.2 cm³/mol. The molecule has 0 saturated heterocycles. The van der Waals surface area contributed by atoms with Crippen molar-refractivity contribution >= 4 is 27.7 Å². The molecule has 3 heteroatoms. The maximum atomic E-state index is 5.62. The first kappa shape index (κ1) is 13.0. The molecule has 2 N–H and O–H groups in total. The summed E-state index contributed by atoms with van der Waals surface area (Å²) in [7, 11) is 0. The van der Waals surface area contributed by atoms with Crippen molar-refractivity contribution in [3.63, 3.8) is 0 Å². The molecule has 0 fully saturated rings. The van der Waals surface area contributed by atoms with Gasteiger partial charge in [0, 0.05) is 15.9 Å². The largest absolute Gasteiger partial charge is 0.326 e. The van der Waals surface area contributed by atoms with E-state index < -0.39 is 0 Å². The zero-order valence-electron chi connectivity index (χ0n) is 7.01. The fraction of sp³-hybridized carbons (Fsp3) is 0.400. The Labute approximate surface area is 93.2 Å². The van der Waals surface area contributed by atoms with Gasteiger partial charge in [0.25, 0.3) is 0 Å². The van der Waals surface area contributed by atoms with Crippen molar-refractivity contribution in [2.45, 2.75) is 25.8 Å². The second-order valence-corrected chi connectivity index (χ2v) is 4.61. The van der Waals surface area contributed by atoms with E-state index in [1.54, 1.807) is 0 Å².